The third kappa shape index (κ3) is 2.79. The number of halogens is 3. The van der Waals surface area contributed by atoms with Gasteiger partial charge in [-0.3, -0.25) is 0 Å². The molecule has 84 valence electrons. The van der Waals surface area contributed by atoms with Crippen LogP contribution in [0.2, 0.25) is 0 Å². The van der Waals surface area contributed by atoms with Crippen LogP contribution in [-0.2, 0) is 0 Å². The molecule has 0 aromatic heterocycles. The fourth-order valence-electron chi connectivity index (χ4n) is 1.01. The van der Waals surface area contributed by atoms with Crippen LogP contribution in [0.4, 0.5) is 8.78 Å². The molecule has 0 aliphatic rings. The van der Waals surface area contributed by atoms with Crippen molar-refractivity contribution in [2.24, 2.45) is 0 Å². The lowest BCUT2D eigenvalue weighted by molar-refractivity contribution is -0.0505. The van der Waals surface area contributed by atoms with Gasteiger partial charge in [0.25, 0.3) is 0 Å². The van der Waals surface area contributed by atoms with Gasteiger partial charge in [-0.2, -0.15) is 14.0 Å². The second-order valence-electron chi connectivity index (χ2n) is 2.62. The van der Waals surface area contributed by atoms with Crippen LogP contribution < -0.4 is 4.74 Å². The predicted molar refractivity (Wildman–Crippen MR) is 57.5 cm³/mol. The number of hydrogen-bond donors (Lipinski definition) is 1. The summed E-state index contributed by atoms with van der Waals surface area (Å²) in [6, 6.07) is 3.76. The van der Waals surface area contributed by atoms with E-state index in [0.717, 1.165) is 6.07 Å². The fourth-order valence-corrected chi connectivity index (χ4v) is 1.60. The zero-order valence-electron chi connectivity index (χ0n) is 7.58. The van der Waals surface area contributed by atoms with Crippen molar-refractivity contribution in [3.8, 4) is 11.8 Å². The number of aromatic carboxylic acids is 1. The molecule has 4 nitrogen and oxygen atoms in total. The van der Waals surface area contributed by atoms with Crippen LogP contribution in [0.1, 0.15) is 15.9 Å². The summed E-state index contributed by atoms with van der Waals surface area (Å²) in [5.74, 6) is -1.63. The molecule has 0 heterocycles. The van der Waals surface area contributed by atoms with Crippen LogP contribution >= 0.6 is 22.6 Å². The lowest BCUT2D eigenvalue weighted by Crippen LogP contribution is -2.07. The number of carboxylic acid groups (broad SMARTS) is 1. The van der Waals surface area contributed by atoms with Gasteiger partial charge in [0, 0.05) is 0 Å². The number of nitriles is 1. The van der Waals surface area contributed by atoms with Gasteiger partial charge in [0.1, 0.15) is 11.8 Å². The third-order valence-corrected chi connectivity index (χ3v) is 2.48. The second-order valence-corrected chi connectivity index (χ2v) is 3.79. The highest BCUT2D eigenvalue weighted by Crippen LogP contribution is 2.26. The molecule has 0 aliphatic heterocycles. The SMILES string of the molecule is N#Cc1cc(I)c(OC(F)F)cc1C(=O)O. The Morgan fingerprint density at radius 2 is 2.19 bits per heavy atom. The molecule has 0 unspecified atom stereocenters. The normalized spacial score (nSPS) is 9.94. The van der Waals surface area contributed by atoms with Gasteiger partial charge in [-0.05, 0) is 34.7 Å². The number of carboxylic acids is 1. The minimum Gasteiger partial charge on any atom is -0.478 e. The number of benzene rings is 1. The van der Waals surface area contributed by atoms with Crippen LogP contribution in [0, 0.1) is 14.9 Å². The van der Waals surface area contributed by atoms with Crippen LogP contribution in [0.25, 0.3) is 0 Å². The summed E-state index contributed by atoms with van der Waals surface area (Å²) in [5, 5.41) is 17.4. The van der Waals surface area contributed by atoms with Crippen molar-refractivity contribution in [1.29, 1.82) is 5.26 Å². The zero-order valence-corrected chi connectivity index (χ0v) is 9.73. The predicted octanol–water partition coefficient (Wildman–Crippen LogP) is 2.46. The molecule has 1 N–H and O–H groups in total. The van der Waals surface area contributed by atoms with E-state index in [1.54, 1.807) is 28.7 Å². The molecule has 1 aromatic carbocycles. The van der Waals surface area contributed by atoms with E-state index in [1.807, 2.05) is 0 Å². The smallest absolute Gasteiger partial charge is 0.387 e. The molecule has 0 atom stereocenters. The van der Waals surface area contributed by atoms with Crippen molar-refractivity contribution < 1.29 is 23.4 Å². The Bertz CT molecular complexity index is 471. The summed E-state index contributed by atoms with van der Waals surface area (Å²) in [4.78, 5) is 10.7. The third-order valence-electron chi connectivity index (χ3n) is 1.64. The highest BCUT2D eigenvalue weighted by molar-refractivity contribution is 14.1. The molecule has 0 aliphatic carbocycles. The minimum absolute atomic E-state index is 0.0986. The molecule has 0 saturated carbocycles. The van der Waals surface area contributed by atoms with E-state index in [4.69, 9.17) is 10.4 Å². The van der Waals surface area contributed by atoms with E-state index in [-0.39, 0.29) is 20.4 Å². The van der Waals surface area contributed by atoms with Crippen LogP contribution in [0.5, 0.6) is 5.75 Å². The molecular formula is C9H4F2INO3. The van der Waals surface area contributed by atoms with E-state index in [0.29, 0.717) is 0 Å². The highest BCUT2D eigenvalue weighted by Gasteiger charge is 2.16. The summed E-state index contributed by atoms with van der Waals surface area (Å²) < 4.78 is 28.3. The van der Waals surface area contributed by atoms with E-state index in [1.165, 1.54) is 6.07 Å². The topological polar surface area (TPSA) is 70.3 Å². The lowest BCUT2D eigenvalue weighted by Gasteiger charge is -2.08. The monoisotopic (exact) mass is 339 g/mol. The number of nitrogens with zero attached hydrogens (tertiary/aromatic N) is 1. The van der Waals surface area contributed by atoms with Gasteiger partial charge >= 0.3 is 12.6 Å². The molecule has 16 heavy (non-hydrogen) atoms. The van der Waals surface area contributed by atoms with Gasteiger partial charge in [-0.1, -0.05) is 0 Å². The van der Waals surface area contributed by atoms with Crippen molar-refractivity contribution in [2.75, 3.05) is 0 Å². The average Bonchev–Trinajstić information content (AvgIpc) is 2.19. The molecular weight excluding hydrogens is 335 g/mol. The Labute approximate surface area is 103 Å². The average molecular weight is 339 g/mol. The lowest BCUT2D eigenvalue weighted by atomic mass is 10.1. The number of alkyl halides is 2. The molecule has 0 bridgehead atoms. The molecule has 1 rings (SSSR count). The molecule has 0 amide bonds. The maximum atomic E-state index is 12.0. The van der Waals surface area contributed by atoms with Gasteiger partial charge in [0.15, 0.2) is 0 Å². The maximum absolute atomic E-state index is 12.0. The van der Waals surface area contributed by atoms with E-state index in [9.17, 15) is 13.6 Å². The first-order chi connectivity index (χ1) is 7.45. The number of carbonyl (C=O) groups is 1. The first-order valence-electron chi connectivity index (χ1n) is 3.87. The van der Waals surface area contributed by atoms with Crippen molar-refractivity contribution >= 4 is 28.6 Å². The van der Waals surface area contributed by atoms with Crippen molar-refractivity contribution in [3.63, 3.8) is 0 Å². The summed E-state index contributed by atoms with van der Waals surface area (Å²) in [6.45, 7) is -3.04. The standard InChI is InChI=1S/C9H4F2INO3/c10-9(11)16-7-2-5(8(14)15)4(3-13)1-6(7)12/h1-2,9H,(H,14,15). The minimum atomic E-state index is -3.04. The van der Waals surface area contributed by atoms with E-state index >= 15 is 0 Å². The molecule has 7 heteroatoms. The Hall–Kier alpha value is -1.43. The van der Waals surface area contributed by atoms with Crippen molar-refractivity contribution in [2.45, 2.75) is 6.61 Å². The number of hydrogen-bond acceptors (Lipinski definition) is 3. The summed E-state index contributed by atoms with van der Waals surface area (Å²) in [7, 11) is 0. The first kappa shape index (κ1) is 12.6. The molecule has 0 spiro atoms. The molecule has 0 fully saturated rings. The summed E-state index contributed by atoms with van der Waals surface area (Å²) in [6.07, 6.45) is 0. The Morgan fingerprint density at radius 1 is 1.56 bits per heavy atom. The van der Waals surface area contributed by atoms with Crippen LogP contribution in [0.3, 0.4) is 0 Å². The highest BCUT2D eigenvalue weighted by atomic mass is 127. The van der Waals surface area contributed by atoms with Crippen molar-refractivity contribution in [1.82, 2.24) is 0 Å². The number of ether oxygens (including phenoxy) is 1. The summed E-state index contributed by atoms with van der Waals surface area (Å²) >= 11 is 1.68. The van der Waals surface area contributed by atoms with Gasteiger partial charge in [0.2, 0.25) is 0 Å². The summed E-state index contributed by atoms with van der Waals surface area (Å²) in [5.41, 5.74) is -0.461. The Morgan fingerprint density at radius 3 is 2.62 bits per heavy atom. The van der Waals surface area contributed by atoms with E-state index in [2.05, 4.69) is 4.74 Å². The Kier molecular flexibility index (Phi) is 4.00. The largest absolute Gasteiger partial charge is 0.478 e. The van der Waals surface area contributed by atoms with E-state index < -0.39 is 12.6 Å². The number of rotatable bonds is 3. The fraction of sp³-hybridized carbons (Fsp3) is 0.111. The van der Waals surface area contributed by atoms with Gasteiger partial charge < -0.3 is 9.84 Å². The maximum Gasteiger partial charge on any atom is 0.387 e. The quantitative estimate of drug-likeness (QED) is 0.859. The first-order valence-corrected chi connectivity index (χ1v) is 4.95. The van der Waals surface area contributed by atoms with Crippen LogP contribution in [-0.4, -0.2) is 17.7 Å². The van der Waals surface area contributed by atoms with Crippen molar-refractivity contribution in [3.05, 3.63) is 26.8 Å². The van der Waals surface area contributed by atoms with Gasteiger partial charge in [-0.15, -0.1) is 0 Å². The second kappa shape index (κ2) is 5.07. The molecule has 0 saturated heterocycles. The van der Waals surface area contributed by atoms with Gasteiger partial charge in [-0.25, -0.2) is 4.79 Å². The molecule has 0 radical (unpaired) electrons. The Balaban J connectivity index is 3.29. The molecule has 1 aromatic rings. The zero-order chi connectivity index (χ0) is 12.3. The van der Waals surface area contributed by atoms with Gasteiger partial charge in [0.05, 0.1) is 14.7 Å². The van der Waals surface area contributed by atoms with Crippen LogP contribution in [0.15, 0.2) is 12.1 Å².